The van der Waals surface area contributed by atoms with Crippen molar-refractivity contribution in [3.05, 3.63) is 94.4 Å². The average Bonchev–Trinajstić information content (AvgIpc) is 3.53. The highest BCUT2D eigenvalue weighted by molar-refractivity contribution is 7.90. The summed E-state index contributed by atoms with van der Waals surface area (Å²) in [4.78, 5) is 5.28. The zero-order chi connectivity index (χ0) is 30.4. The largest absolute Gasteiger partial charge is 0.361 e. The molecule has 9 heteroatoms. The maximum absolute atomic E-state index is 13.8. The van der Waals surface area contributed by atoms with Crippen molar-refractivity contribution in [2.75, 3.05) is 6.61 Å². The normalized spacial score (nSPS) is 13.1. The summed E-state index contributed by atoms with van der Waals surface area (Å²) in [6.07, 6.45) is 1.66. The lowest BCUT2D eigenvalue weighted by Gasteiger charge is -2.20. The molecule has 1 unspecified atom stereocenters. The molecule has 0 aliphatic rings. The lowest BCUT2D eigenvalue weighted by atomic mass is 9.90. The number of hydrogen-bond donors (Lipinski definition) is 0. The number of fused-ring (bicyclic) bond motifs is 2. The van der Waals surface area contributed by atoms with Gasteiger partial charge in [-0.3, -0.25) is 0 Å². The molecule has 0 fully saturated rings. The summed E-state index contributed by atoms with van der Waals surface area (Å²) in [6, 6.07) is 19.7. The van der Waals surface area contributed by atoms with Crippen molar-refractivity contribution in [2.24, 2.45) is 0 Å². The first-order valence-electron chi connectivity index (χ1n) is 14.2. The summed E-state index contributed by atoms with van der Waals surface area (Å²) in [5.41, 5.74) is 6.85. The Balaban J connectivity index is 1.64. The van der Waals surface area contributed by atoms with Gasteiger partial charge in [-0.2, -0.15) is 5.26 Å². The Hall–Kier alpha value is -3.71. The predicted molar refractivity (Wildman–Crippen MR) is 171 cm³/mol. The van der Waals surface area contributed by atoms with E-state index in [1.165, 1.54) is 3.97 Å². The molecular weight excluding hydrogens is 561 g/mol. The molecule has 0 bridgehead atoms. The Labute approximate surface area is 249 Å². The number of aromatic nitrogens is 3. The van der Waals surface area contributed by atoms with Gasteiger partial charge < -0.3 is 9.30 Å². The summed E-state index contributed by atoms with van der Waals surface area (Å²) in [5, 5.41) is 10.4. The molecule has 7 nitrogen and oxygen atoms in total. The standard InChI is InChI=1S/C33H38N4O3SSi/c1-22-8-11-27(12-9-22)41(38,39)37-15-14-28-31(23(2)18-24(3)32(28)37)25(4)33-35-29-19-26(20-34)10-13-30(29)36(33)21-40-16-17-42(5,6)7/h8-15,18-19,25H,16-17,21H2,1-7H3. The molecule has 0 spiro atoms. The molecule has 0 saturated carbocycles. The summed E-state index contributed by atoms with van der Waals surface area (Å²) < 4.78 is 37.2. The first kappa shape index (κ1) is 29.8. The van der Waals surface area contributed by atoms with E-state index in [0.29, 0.717) is 24.4 Å². The molecule has 3 aromatic carbocycles. The Morgan fingerprint density at radius 3 is 2.38 bits per heavy atom. The fraction of sp³-hybridized carbons (Fsp3) is 0.333. The molecule has 1 atom stereocenters. The van der Waals surface area contributed by atoms with E-state index < -0.39 is 18.1 Å². The Morgan fingerprint density at radius 2 is 1.71 bits per heavy atom. The third-order valence-electron chi connectivity index (χ3n) is 7.90. The molecule has 0 saturated heterocycles. The highest BCUT2D eigenvalue weighted by atomic mass is 32.2. The van der Waals surface area contributed by atoms with E-state index in [0.717, 1.165) is 50.5 Å². The highest BCUT2D eigenvalue weighted by Crippen LogP contribution is 2.37. The van der Waals surface area contributed by atoms with Crippen molar-refractivity contribution in [1.29, 1.82) is 5.26 Å². The molecule has 0 aliphatic carbocycles. The number of imidazole rings is 1. The van der Waals surface area contributed by atoms with Gasteiger partial charge in [0.05, 0.1) is 33.1 Å². The SMILES string of the molecule is Cc1ccc(S(=O)(=O)n2ccc3c(C(C)c4nc5cc(C#N)ccc5n4COCC[Si](C)(C)C)c(C)cc(C)c32)cc1. The van der Waals surface area contributed by atoms with Gasteiger partial charge >= 0.3 is 0 Å². The average molecular weight is 599 g/mol. The first-order chi connectivity index (χ1) is 19.8. The fourth-order valence-electron chi connectivity index (χ4n) is 5.65. The number of hydrogen-bond acceptors (Lipinski definition) is 5. The molecule has 0 radical (unpaired) electrons. The van der Waals surface area contributed by atoms with Gasteiger partial charge in [0.15, 0.2) is 0 Å². The maximum Gasteiger partial charge on any atom is 0.268 e. The van der Waals surface area contributed by atoms with E-state index in [2.05, 4.69) is 50.2 Å². The second kappa shape index (κ2) is 11.2. The summed E-state index contributed by atoms with van der Waals surface area (Å²) in [7, 11) is -5.05. The van der Waals surface area contributed by atoms with Crippen LogP contribution in [0.5, 0.6) is 0 Å². The van der Waals surface area contributed by atoms with Crippen molar-refractivity contribution in [2.45, 2.75) is 70.9 Å². The van der Waals surface area contributed by atoms with Gasteiger partial charge in [0.25, 0.3) is 10.0 Å². The lowest BCUT2D eigenvalue weighted by Crippen LogP contribution is -2.22. The molecule has 2 heterocycles. The van der Waals surface area contributed by atoms with Crippen LogP contribution in [-0.4, -0.2) is 36.6 Å². The monoisotopic (exact) mass is 598 g/mol. The summed E-state index contributed by atoms with van der Waals surface area (Å²) in [5.74, 6) is 0.639. The zero-order valence-corrected chi connectivity index (χ0v) is 27.2. The molecule has 5 rings (SSSR count). The first-order valence-corrected chi connectivity index (χ1v) is 19.4. The molecule has 2 aromatic heterocycles. The quantitative estimate of drug-likeness (QED) is 0.130. The van der Waals surface area contributed by atoms with Crippen LogP contribution < -0.4 is 0 Å². The summed E-state index contributed by atoms with van der Waals surface area (Å²) in [6.45, 7) is 16.1. The van der Waals surface area contributed by atoms with E-state index >= 15 is 0 Å². The predicted octanol–water partition coefficient (Wildman–Crippen LogP) is 7.49. The van der Waals surface area contributed by atoms with Gasteiger partial charge in [0.1, 0.15) is 12.6 Å². The van der Waals surface area contributed by atoms with Crippen LogP contribution in [0.3, 0.4) is 0 Å². The zero-order valence-electron chi connectivity index (χ0n) is 25.4. The Bertz CT molecular complexity index is 1940. The van der Waals surface area contributed by atoms with Gasteiger partial charge in [0.2, 0.25) is 0 Å². The van der Waals surface area contributed by atoms with Crippen molar-refractivity contribution < 1.29 is 13.2 Å². The van der Waals surface area contributed by atoms with Gasteiger partial charge in [-0.05, 0) is 79.9 Å². The van der Waals surface area contributed by atoms with Crippen LogP contribution in [0.25, 0.3) is 21.9 Å². The number of ether oxygens (including phenoxy) is 1. The minimum atomic E-state index is -3.80. The van der Waals surface area contributed by atoms with Crippen LogP contribution in [0.2, 0.25) is 25.7 Å². The maximum atomic E-state index is 13.8. The van der Waals surface area contributed by atoms with E-state index in [9.17, 15) is 13.7 Å². The summed E-state index contributed by atoms with van der Waals surface area (Å²) >= 11 is 0. The molecular formula is C33H38N4O3SSi. The highest BCUT2D eigenvalue weighted by Gasteiger charge is 2.26. The fourth-order valence-corrected chi connectivity index (χ4v) is 7.82. The van der Waals surface area contributed by atoms with Crippen LogP contribution in [0, 0.1) is 32.1 Å². The molecule has 0 N–H and O–H groups in total. The van der Waals surface area contributed by atoms with E-state index in [1.54, 1.807) is 18.3 Å². The second-order valence-corrected chi connectivity index (χ2v) is 19.8. The van der Waals surface area contributed by atoms with Crippen molar-refractivity contribution in [1.82, 2.24) is 13.5 Å². The molecule has 218 valence electrons. The number of benzene rings is 3. The minimum absolute atomic E-state index is 0.176. The number of aryl methyl sites for hydroxylation is 3. The molecule has 42 heavy (non-hydrogen) atoms. The van der Waals surface area contributed by atoms with Crippen molar-refractivity contribution in [3.63, 3.8) is 0 Å². The number of rotatable bonds is 9. The smallest absolute Gasteiger partial charge is 0.268 e. The van der Waals surface area contributed by atoms with Gasteiger partial charge in [0, 0.05) is 32.2 Å². The van der Waals surface area contributed by atoms with Gasteiger partial charge in [-0.25, -0.2) is 17.4 Å². The third-order valence-corrected chi connectivity index (χ3v) is 11.3. The Kier molecular flexibility index (Phi) is 7.92. The van der Waals surface area contributed by atoms with Crippen molar-refractivity contribution >= 4 is 40.0 Å². The van der Waals surface area contributed by atoms with Crippen molar-refractivity contribution in [3.8, 4) is 6.07 Å². The Morgan fingerprint density at radius 1 is 1.00 bits per heavy atom. The van der Waals surface area contributed by atoms with E-state index in [1.807, 2.05) is 50.2 Å². The van der Waals surface area contributed by atoms with Crippen LogP contribution in [-0.2, 0) is 21.5 Å². The van der Waals surface area contributed by atoms with Crippen LogP contribution in [0.1, 0.15) is 46.5 Å². The van der Waals surface area contributed by atoms with Crippen LogP contribution in [0.15, 0.2) is 65.7 Å². The topological polar surface area (TPSA) is 89.9 Å². The molecule has 5 aromatic rings. The molecule has 0 amide bonds. The van der Waals surface area contributed by atoms with Crippen LogP contribution in [0.4, 0.5) is 0 Å². The third kappa shape index (κ3) is 5.54. The lowest BCUT2D eigenvalue weighted by molar-refractivity contribution is 0.0876. The number of nitrogens with zero attached hydrogens (tertiary/aromatic N) is 4. The van der Waals surface area contributed by atoms with Gasteiger partial charge in [-0.15, -0.1) is 0 Å². The van der Waals surface area contributed by atoms with E-state index in [4.69, 9.17) is 9.72 Å². The molecule has 0 aliphatic heterocycles. The minimum Gasteiger partial charge on any atom is -0.361 e. The van der Waals surface area contributed by atoms with Gasteiger partial charge in [-0.1, -0.05) is 50.3 Å². The number of nitriles is 1. The van der Waals surface area contributed by atoms with Crippen LogP contribution >= 0.6 is 0 Å². The van der Waals surface area contributed by atoms with E-state index in [-0.39, 0.29) is 10.8 Å². The second-order valence-electron chi connectivity index (χ2n) is 12.4.